The molecule has 0 spiro atoms. The largest absolute Gasteiger partial charge is 0.390 e. The van der Waals surface area contributed by atoms with Crippen LogP contribution in [0.15, 0.2) is 78.2 Å². The van der Waals surface area contributed by atoms with Crippen molar-refractivity contribution in [2.45, 2.75) is 36.8 Å². The molecule has 5 nitrogen and oxygen atoms in total. The normalized spacial score (nSPS) is 17.6. The SMILES string of the molecule is C=C(CC)c1ccc2c(c1)nc(Nc1ccc(S(=C)(=C)N)cc1)n2C1c2ccccc2CC1O. The van der Waals surface area contributed by atoms with Gasteiger partial charge in [-0.2, -0.15) is 0 Å². The van der Waals surface area contributed by atoms with Crippen LogP contribution in [0, 0.1) is 0 Å². The molecule has 1 aliphatic carbocycles. The molecule has 0 fully saturated rings. The molecule has 1 aromatic heterocycles. The Kier molecular flexibility index (Phi) is 5.60. The van der Waals surface area contributed by atoms with E-state index in [9.17, 15) is 5.11 Å². The van der Waals surface area contributed by atoms with E-state index in [1.165, 1.54) is 5.56 Å². The number of anilines is 2. The summed E-state index contributed by atoms with van der Waals surface area (Å²) in [5.74, 6) is 8.65. The highest BCUT2D eigenvalue weighted by Crippen LogP contribution is 2.40. The van der Waals surface area contributed by atoms with E-state index in [0.717, 1.165) is 44.7 Å². The van der Waals surface area contributed by atoms with Crippen LogP contribution in [0.5, 0.6) is 0 Å². The van der Waals surface area contributed by atoms with Gasteiger partial charge in [0.15, 0.2) is 0 Å². The van der Waals surface area contributed by atoms with E-state index in [2.05, 4.69) is 65.5 Å². The molecule has 1 heterocycles. The number of imidazole rings is 1. The molecule has 2 atom stereocenters. The van der Waals surface area contributed by atoms with Gasteiger partial charge in [-0.05, 0) is 65.1 Å². The lowest BCUT2D eigenvalue weighted by atomic mass is 10.0. The predicted molar refractivity (Wildman–Crippen MR) is 147 cm³/mol. The Morgan fingerprint density at radius 2 is 1.88 bits per heavy atom. The Balaban J connectivity index is 1.65. The summed E-state index contributed by atoms with van der Waals surface area (Å²) >= 11 is 0. The van der Waals surface area contributed by atoms with Crippen molar-refractivity contribution in [1.82, 2.24) is 9.55 Å². The van der Waals surface area contributed by atoms with Gasteiger partial charge in [0.25, 0.3) is 0 Å². The molecule has 0 saturated carbocycles. The Morgan fingerprint density at radius 1 is 1.15 bits per heavy atom. The average molecular weight is 471 g/mol. The van der Waals surface area contributed by atoms with Gasteiger partial charge in [-0.15, -0.1) is 9.39 Å². The fourth-order valence-electron chi connectivity index (χ4n) is 4.69. The molecule has 174 valence electrons. The van der Waals surface area contributed by atoms with Gasteiger partial charge < -0.3 is 10.4 Å². The lowest BCUT2D eigenvalue weighted by Crippen LogP contribution is -2.22. The van der Waals surface area contributed by atoms with Crippen molar-refractivity contribution < 1.29 is 5.11 Å². The first-order valence-electron chi connectivity index (χ1n) is 11.4. The minimum atomic E-state index is -1.78. The summed E-state index contributed by atoms with van der Waals surface area (Å²) in [4.78, 5) is 5.89. The van der Waals surface area contributed by atoms with Crippen LogP contribution in [-0.2, 0) is 6.42 Å². The van der Waals surface area contributed by atoms with Crippen LogP contribution < -0.4 is 10.5 Å². The number of aliphatic hydroxyl groups excluding tert-OH is 1. The zero-order chi connectivity index (χ0) is 24.0. The summed E-state index contributed by atoms with van der Waals surface area (Å²) in [6, 6.07) is 22.1. The number of hydrogen-bond acceptors (Lipinski definition) is 4. The molecule has 4 aromatic rings. The van der Waals surface area contributed by atoms with Crippen LogP contribution >= 0.6 is 9.39 Å². The molecule has 2 unspecified atom stereocenters. The van der Waals surface area contributed by atoms with Crippen LogP contribution in [0.3, 0.4) is 0 Å². The Hall–Kier alpha value is -3.32. The first kappa shape index (κ1) is 22.5. The summed E-state index contributed by atoms with van der Waals surface area (Å²) in [5, 5.41) is 20.7. The lowest BCUT2D eigenvalue weighted by Gasteiger charge is -2.22. The van der Waals surface area contributed by atoms with Gasteiger partial charge in [-0.1, -0.05) is 55.6 Å². The van der Waals surface area contributed by atoms with Gasteiger partial charge >= 0.3 is 0 Å². The number of hydrogen-bond donors (Lipinski definition) is 3. The average Bonchev–Trinajstić information content (AvgIpc) is 3.33. The third-order valence-corrected chi connectivity index (χ3v) is 7.76. The van der Waals surface area contributed by atoms with Crippen molar-refractivity contribution in [2.24, 2.45) is 5.14 Å². The van der Waals surface area contributed by atoms with E-state index >= 15 is 0 Å². The minimum Gasteiger partial charge on any atom is -0.390 e. The smallest absolute Gasteiger partial charge is 0.209 e. The number of allylic oxidation sites excluding steroid dienone is 1. The zero-order valence-corrected chi connectivity index (χ0v) is 20.2. The van der Waals surface area contributed by atoms with Gasteiger partial charge in [0.05, 0.1) is 23.2 Å². The van der Waals surface area contributed by atoms with Crippen LogP contribution in [0.2, 0.25) is 0 Å². The first-order chi connectivity index (χ1) is 16.3. The predicted octanol–water partition coefficient (Wildman–Crippen LogP) is 5.61. The summed E-state index contributed by atoms with van der Waals surface area (Å²) in [6.45, 7) is 6.29. The monoisotopic (exact) mass is 470 g/mol. The van der Waals surface area contributed by atoms with Gasteiger partial charge in [0, 0.05) is 17.0 Å². The molecular formula is C28H30N4OS. The standard InChI is InChI=1S/C28H30N4OS/c1-5-18(2)19-10-15-25-24(16-19)31-28(30-21-11-13-22(14-12-21)34(3,4)29)32(25)27-23-9-7-6-8-20(23)17-26(27)33/h6-16,26-27,33H,2-5,17,29H2,1H3,(H,30,31). The molecule has 0 bridgehead atoms. The fourth-order valence-corrected chi connectivity index (χ4v) is 5.37. The maximum absolute atomic E-state index is 11.1. The highest BCUT2D eigenvalue weighted by atomic mass is 32.2. The van der Waals surface area contributed by atoms with Gasteiger partial charge in [0.1, 0.15) is 0 Å². The maximum Gasteiger partial charge on any atom is 0.209 e. The number of nitrogens with one attached hydrogen (secondary N) is 1. The van der Waals surface area contributed by atoms with Crippen LogP contribution in [0.4, 0.5) is 11.6 Å². The van der Waals surface area contributed by atoms with Gasteiger partial charge in [-0.25, -0.2) is 4.98 Å². The van der Waals surface area contributed by atoms with Crippen LogP contribution in [0.1, 0.15) is 36.1 Å². The third kappa shape index (κ3) is 3.94. The second-order valence-corrected chi connectivity index (χ2v) is 11.3. The van der Waals surface area contributed by atoms with Crippen LogP contribution in [0.25, 0.3) is 16.6 Å². The van der Waals surface area contributed by atoms with E-state index in [0.29, 0.717) is 12.4 Å². The third-order valence-electron chi connectivity index (χ3n) is 6.55. The molecule has 0 aliphatic heterocycles. The maximum atomic E-state index is 11.1. The number of fused-ring (bicyclic) bond motifs is 2. The number of nitrogens with two attached hydrogens (primary N) is 1. The molecule has 0 radical (unpaired) electrons. The number of aromatic nitrogens is 2. The molecule has 5 rings (SSSR count). The molecule has 4 N–H and O–H groups in total. The Morgan fingerprint density at radius 3 is 2.59 bits per heavy atom. The highest BCUT2D eigenvalue weighted by Gasteiger charge is 2.34. The molecule has 34 heavy (non-hydrogen) atoms. The summed E-state index contributed by atoms with van der Waals surface area (Å²) in [7, 11) is -1.78. The second kappa shape index (κ2) is 8.47. The Bertz CT molecular complexity index is 1500. The molecule has 0 amide bonds. The van der Waals surface area contributed by atoms with E-state index in [1.807, 2.05) is 36.4 Å². The fraction of sp³-hybridized carbons (Fsp3) is 0.179. The van der Waals surface area contributed by atoms with Gasteiger partial charge in [-0.3, -0.25) is 9.71 Å². The molecular weight excluding hydrogens is 440 g/mol. The summed E-state index contributed by atoms with van der Waals surface area (Å²) in [6.07, 6.45) is 0.955. The number of aliphatic hydroxyl groups is 1. The second-order valence-electron chi connectivity index (χ2n) is 8.97. The van der Waals surface area contributed by atoms with Crippen molar-refractivity contribution in [2.75, 3.05) is 5.32 Å². The number of nitrogens with zero attached hydrogens (tertiary/aromatic N) is 2. The zero-order valence-electron chi connectivity index (χ0n) is 19.4. The van der Waals surface area contributed by atoms with Crippen molar-refractivity contribution in [3.63, 3.8) is 0 Å². The van der Waals surface area contributed by atoms with Gasteiger partial charge in [0.2, 0.25) is 5.95 Å². The highest BCUT2D eigenvalue weighted by molar-refractivity contribution is 8.26. The van der Waals surface area contributed by atoms with Crippen molar-refractivity contribution in [1.29, 1.82) is 0 Å². The van der Waals surface area contributed by atoms with E-state index in [1.54, 1.807) is 0 Å². The molecule has 6 heteroatoms. The van der Waals surface area contributed by atoms with E-state index in [-0.39, 0.29) is 6.04 Å². The summed E-state index contributed by atoms with van der Waals surface area (Å²) in [5.41, 5.74) is 7.15. The summed E-state index contributed by atoms with van der Waals surface area (Å²) < 4.78 is 2.12. The van der Waals surface area contributed by atoms with E-state index < -0.39 is 15.5 Å². The van der Waals surface area contributed by atoms with Crippen molar-refractivity contribution in [3.05, 3.63) is 90.0 Å². The number of benzene rings is 3. The minimum absolute atomic E-state index is 0.232. The van der Waals surface area contributed by atoms with Crippen molar-refractivity contribution in [3.8, 4) is 0 Å². The van der Waals surface area contributed by atoms with Crippen LogP contribution in [-0.4, -0.2) is 32.5 Å². The molecule has 3 aromatic carbocycles. The lowest BCUT2D eigenvalue weighted by molar-refractivity contribution is 0.147. The van der Waals surface area contributed by atoms with Crippen molar-refractivity contribution >= 4 is 49.4 Å². The quantitative estimate of drug-likeness (QED) is 0.320. The number of rotatable bonds is 6. The van der Waals surface area contributed by atoms with E-state index in [4.69, 9.17) is 10.1 Å². The molecule has 1 aliphatic rings. The first-order valence-corrected chi connectivity index (χ1v) is 13.4. The molecule has 0 saturated heterocycles. The Labute approximate surface area is 201 Å². The topological polar surface area (TPSA) is 76.1 Å².